The van der Waals surface area contributed by atoms with Gasteiger partial charge in [0.1, 0.15) is 0 Å². The molecule has 0 spiro atoms. The highest BCUT2D eigenvalue weighted by Gasteiger charge is 2.03. The predicted octanol–water partition coefficient (Wildman–Crippen LogP) is 0.471. The Bertz CT molecular complexity index is 532. The summed E-state index contributed by atoms with van der Waals surface area (Å²) in [7, 11) is 0. The summed E-state index contributed by atoms with van der Waals surface area (Å²) in [6.45, 7) is 3.45. The number of rotatable bonds is 4. The third kappa shape index (κ3) is 4.77. The van der Waals surface area contributed by atoms with E-state index in [4.69, 9.17) is 11.5 Å². The maximum Gasteiger partial charge on any atom is 0.332 e. The van der Waals surface area contributed by atoms with Crippen LogP contribution in [0.1, 0.15) is 25.0 Å². The van der Waals surface area contributed by atoms with Gasteiger partial charge in [-0.25, -0.2) is 20.4 Å². The molecule has 1 aromatic rings. The third-order valence-corrected chi connectivity index (χ3v) is 2.37. The molecule has 4 amide bonds. The van der Waals surface area contributed by atoms with Crippen LogP contribution in [0.15, 0.2) is 34.5 Å². The second-order valence-corrected chi connectivity index (χ2v) is 3.93. The third-order valence-electron chi connectivity index (χ3n) is 2.37. The first-order valence-corrected chi connectivity index (χ1v) is 5.70. The van der Waals surface area contributed by atoms with Crippen molar-refractivity contribution in [2.24, 2.45) is 21.7 Å². The van der Waals surface area contributed by atoms with Crippen molar-refractivity contribution in [2.75, 3.05) is 0 Å². The minimum atomic E-state index is -0.732. The lowest BCUT2D eigenvalue weighted by Gasteiger charge is -2.05. The number of hydrogen-bond acceptors (Lipinski definition) is 4. The number of urea groups is 2. The van der Waals surface area contributed by atoms with Crippen LogP contribution in [0, 0.1) is 0 Å². The van der Waals surface area contributed by atoms with Crippen LogP contribution in [0.25, 0.3) is 0 Å². The summed E-state index contributed by atoms with van der Waals surface area (Å²) < 4.78 is 0. The SMILES string of the molecule is CC(=NNC(N)=O)c1cccc(C(C)=NNC(N)=O)c1. The molecule has 1 aromatic carbocycles. The van der Waals surface area contributed by atoms with E-state index in [9.17, 15) is 9.59 Å². The first-order valence-electron chi connectivity index (χ1n) is 5.70. The lowest BCUT2D eigenvalue weighted by Crippen LogP contribution is -2.25. The minimum Gasteiger partial charge on any atom is -0.350 e. The summed E-state index contributed by atoms with van der Waals surface area (Å²) in [6, 6.07) is 5.78. The highest BCUT2D eigenvalue weighted by atomic mass is 16.2. The second kappa shape index (κ2) is 6.88. The zero-order valence-corrected chi connectivity index (χ0v) is 11.2. The molecule has 0 saturated carbocycles. The van der Waals surface area contributed by atoms with Crippen molar-refractivity contribution in [2.45, 2.75) is 13.8 Å². The van der Waals surface area contributed by atoms with Gasteiger partial charge in [-0.2, -0.15) is 10.2 Å². The summed E-state index contributed by atoms with van der Waals surface area (Å²) in [5.74, 6) is 0. The molecule has 8 heteroatoms. The van der Waals surface area contributed by atoms with Crippen LogP contribution in [0.5, 0.6) is 0 Å². The molecule has 0 fully saturated rings. The molecule has 0 bridgehead atoms. The summed E-state index contributed by atoms with van der Waals surface area (Å²) in [5, 5.41) is 7.66. The molecule has 6 N–H and O–H groups in total. The molecule has 1 rings (SSSR count). The number of nitrogens with one attached hydrogen (secondary N) is 2. The summed E-state index contributed by atoms with van der Waals surface area (Å²) in [6.07, 6.45) is 0. The Morgan fingerprint density at radius 1 is 0.950 bits per heavy atom. The van der Waals surface area contributed by atoms with Gasteiger partial charge in [-0.3, -0.25) is 0 Å². The number of nitrogens with zero attached hydrogens (tertiary/aromatic N) is 2. The van der Waals surface area contributed by atoms with E-state index >= 15 is 0 Å². The van der Waals surface area contributed by atoms with Crippen LogP contribution >= 0.6 is 0 Å². The van der Waals surface area contributed by atoms with Gasteiger partial charge in [-0.1, -0.05) is 18.2 Å². The van der Waals surface area contributed by atoms with Gasteiger partial charge < -0.3 is 11.5 Å². The molecule has 0 aliphatic heterocycles. The Hall–Kier alpha value is -2.90. The molecule has 0 aromatic heterocycles. The maximum absolute atomic E-state index is 10.6. The fraction of sp³-hybridized carbons (Fsp3) is 0.167. The molecule has 0 saturated heterocycles. The predicted molar refractivity (Wildman–Crippen MR) is 76.3 cm³/mol. The Kier molecular flexibility index (Phi) is 5.21. The lowest BCUT2D eigenvalue weighted by molar-refractivity contribution is 0.248. The van der Waals surface area contributed by atoms with Gasteiger partial charge in [0.2, 0.25) is 0 Å². The molecule has 0 unspecified atom stereocenters. The first-order chi connectivity index (χ1) is 9.40. The highest BCUT2D eigenvalue weighted by molar-refractivity contribution is 6.04. The largest absolute Gasteiger partial charge is 0.350 e. The lowest BCUT2D eigenvalue weighted by atomic mass is 10.1. The molecule has 20 heavy (non-hydrogen) atoms. The van der Waals surface area contributed by atoms with E-state index < -0.39 is 12.1 Å². The fourth-order valence-electron chi connectivity index (χ4n) is 1.38. The molecule has 0 aliphatic rings. The smallest absolute Gasteiger partial charge is 0.332 e. The van der Waals surface area contributed by atoms with Gasteiger partial charge in [0.25, 0.3) is 0 Å². The number of amides is 4. The van der Waals surface area contributed by atoms with Gasteiger partial charge in [-0.05, 0) is 31.0 Å². The Morgan fingerprint density at radius 2 is 1.35 bits per heavy atom. The van der Waals surface area contributed by atoms with E-state index in [0.717, 1.165) is 11.1 Å². The zero-order valence-electron chi connectivity index (χ0n) is 11.2. The quantitative estimate of drug-likeness (QED) is 0.470. The van der Waals surface area contributed by atoms with Crippen LogP contribution in [-0.2, 0) is 0 Å². The van der Waals surface area contributed by atoms with Crippen molar-refractivity contribution in [3.05, 3.63) is 35.4 Å². The summed E-state index contributed by atoms with van der Waals surface area (Å²) in [4.78, 5) is 21.2. The van der Waals surface area contributed by atoms with Gasteiger partial charge in [0, 0.05) is 0 Å². The van der Waals surface area contributed by atoms with Crippen LogP contribution in [0.2, 0.25) is 0 Å². The molecule has 0 atom stereocenters. The van der Waals surface area contributed by atoms with E-state index in [1.165, 1.54) is 0 Å². The van der Waals surface area contributed by atoms with Crippen LogP contribution in [-0.4, -0.2) is 23.5 Å². The average molecular weight is 276 g/mol. The Labute approximate surface area is 115 Å². The molecule has 0 aliphatic carbocycles. The Balaban J connectivity index is 2.95. The van der Waals surface area contributed by atoms with E-state index in [1.807, 2.05) is 18.2 Å². The topological polar surface area (TPSA) is 135 Å². The van der Waals surface area contributed by atoms with Crippen LogP contribution < -0.4 is 22.3 Å². The number of hydrazone groups is 2. The summed E-state index contributed by atoms with van der Waals surface area (Å²) in [5.41, 5.74) is 16.9. The molecule has 0 heterocycles. The van der Waals surface area contributed by atoms with Crippen molar-refractivity contribution in [1.29, 1.82) is 0 Å². The normalized spacial score (nSPS) is 11.9. The maximum atomic E-state index is 10.6. The van der Waals surface area contributed by atoms with Crippen molar-refractivity contribution in [3.8, 4) is 0 Å². The van der Waals surface area contributed by atoms with Gasteiger partial charge in [-0.15, -0.1) is 0 Å². The summed E-state index contributed by atoms with van der Waals surface area (Å²) >= 11 is 0. The number of hydrogen-bond donors (Lipinski definition) is 4. The number of benzene rings is 1. The Morgan fingerprint density at radius 3 is 1.70 bits per heavy atom. The molecular weight excluding hydrogens is 260 g/mol. The van der Waals surface area contributed by atoms with Crippen molar-refractivity contribution < 1.29 is 9.59 Å². The van der Waals surface area contributed by atoms with E-state index in [0.29, 0.717) is 11.4 Å². The van der Waals surface area contributed by atoms with Crippen LogP contribution in [0.3, 0.4) is 0 Å². The molecular formula is C12H16N6O2. The van der Waals surface area contributed by atoms with Crippen LogP contribution in [0.4, 0.5) is 9.59 Å². The molecule has 8 nitrogen and oxygen atoms in total. The van der Waals surface area contributed by atoms with E-state index in [-0.39, 0.29) is 0 Å². The molecule has 0 radical (unpaired) electrons. The zero-order chi connectivity index (χ0) is 15.1. The van der Waals surface area contributed by atoms with E-state index in [1.54, 1.807) is 19.9 Å². The number of carbonyl (C=O) groups excluding carboxylic acids is 2. The average Bonchev–Trinajstić information content (AvgIpc) is 2.42. The fourth-order valence-corrected chi connectivity index (χ4v) is 1.38. The van der Waals surface area contributed by atoms with Crippen molar-refractivity contribution in [3.63, 3.8) is 0 Å². The van der Waals surface area contributed by atoms with Crippen molar-refractivity contribution >= 4 is 23.5 Å². The number of carbonyl (C=O) groups is 2. The number of nitrogens with two attached hydrogens (primary N) is 2. The van der Waals surface area contributed by atoms with Crippen molar-refractivity contribution in [1.82, 2.24) is 10.9 Å². The minimum absolute atomic E-state index is 0.585. The monoisotopic (exact) mass is 276 g/mol. The second-order valence-electron chi connectivity index (χ2n) is 3.93. The molecule has 106 valence electrons. The number of primary amides is 2. The van der Waals surface area contributed by atoms with E-state index in [2.05, 4.69) is 21.1 Å². The standard InChI is InChI=1S/C12H16N6O2/c1-7(15-17-11(13)19)9-4-3-5-10(6-9)8(2)16-18-12(14)20/h3-6H,1-2H3,(H3,13,17,19)(H3,14,18,20). The first kappa shape index (κ1) is 15.2. The van der Waals surface area contributed by atoms with Gasteiger partial charge in [0.05, 0.1) is 11.4 Å². The van der Waals surface area contributed by atoms with Gasteiger partial charge >= 0.3 is 12.1 Å². The highest BCUT2D eigenvalue weighted by Crippen LogP contribution is 2.07. The van der Waals surface area contributed by atoms with Gasteiger partial charge in [0.15, 0.2) is 0 Å².